The van der Waals surface area contributed by atoms with Gasteiger partial charge in [-0.05, 0) is 24.3 Å². The average molecular weight is 332 g/mol. The number of anilines is 1. The van der Waals surface area contributed by atoms with Gasteiger partial charge in [0.15, 0.2) is 17.5 Å². The highest BCUT2D eigenvalue weighted by Gasteiger charge is 2.22. The summed E-state index contributed by atoms with van der Waals surface area (Å²) in [5.74, 6) is -4.35. The van der Waals surface area contributed by atoms with Crippen LogP contribution in [0.5, 0.6) is 0 Å². The first kappa shape index (κ1) is 13.9. The first-order chi connectivity index (χ1) is 8.91. The molecule has 19 heavy (non-hydrogen) atoms. The minimum Gasteiger partial charge on any atom is -0.398 e. The highest BCUT2D eigenvalue weighted by atomic mass is 79.9. The molecule has 0 aliphatic rings. The Morgan fingerprint density at radius 2 is 1.68 bits per heavy atom. The van der Waals surface area contributed by atoms with Crippen LogP contribution in [0.25, 0.3) is 0 Å². The lowest BCUT2D eigenvalue weighted by Gasteiger charge is -2.15. The van der Waals surface area contributed by atoms with Gasteiger partial charge in [0, 0.05) is 21.3 Å². The van der Waals surface area contributed by atoms with E-state index in [4.69, 9.17) is 5.73 Å². The number of benzene rings is 2. The summed E-state index contributed by atoms with van der Waals surface area (Å²) < 4.78 is 40.2. The molecule has 0 saturated carbocycles. The van der Waals surface area contributed by atoms with Crippen LogP contribution in [0.2, 0.25) is 0 Å². The number of aliphatic hydroxyl groups is 1. The summed E-state index contributed by atoms with van der Waals surface area (Å²) in [5.41, 5.74) is 5.73. The minimum atomic E-state index is -1.62. The van der Waals surface area contributed by atoms with E-state index in [2.05, 4.69) is 15.9 Å². The molecule has 2 aromatic rings. The van der Waals surface area contributed by atoms with E-state index in [-0.39, 0.29) is 16.8 Å². The molecule has 0 radical (unpaired) electrons. The number of halogens is 4. The van der Waals surface area contributed by atoms with Crippen molar-refractivity contribution >= 4 is 21.6 Å². The number of nitrogen functional groups attached to an aromatic ring is 1. The van der Waals surface area contributed by atoms with Gasteiger partial charge >= 0.3 is 0 Å². The van der Waals surface area contributed by atoms with Crippen molar-refractivity contribution in [2.45, 2.75) is 6.10 Å². The van der Waals surface area contributed by atoms with Crippen LogP contribution in [0.4, 0.5) is 18.9 Å². The maximum absolute atomic E-state index is 13.6. The Labute approximate surface area is 115 Å². The SMILES string of the molecule is Nc1ccc(Br)cc1C(O)c1ccc(F)c(F)c1F. The summed E-state index contributed by atoms with van der Waals surface area (Å²) in [7, 11) is 0. The van der Waals surface area contributed by atoms with Crippen LogP contribution in [0.15, 0.2) is 34.8 Å². The van der Waals surface area contributed by atoms with Crippen LogP contribution in [-0.2, 0) is 0 Å². The van der Waals surface area contributed by atoms with Crippen molar-refractivity contribution in [2.24, 2.45) is 0 Å². The van der Waals surface area contributed by atoms with E-state index < -0.39 is 23.6 Å². The van der Waals surface area contributed by atoms with E-state index >= 15 is 0 Å². The molecule has 2 aromatic carbocycles. The van der Waals surface area contributed by atoms with Gasteiger partial charge in [0.25, 0.3) is 0 Å². The van der Waals surface area contributed by atoms with E-state index in [0.29, 0.717) is 4.47 Å². The van der Waals surface area contributed by atoms with Crippen LogP contribution in [0.3, 0.4) is 0 Å². The Bertz CT molecular complexity index is 634. The summed E-state index contributed by atoms with van der Waals surface area (Å²) >= 11 is 3.19. The third-order valence-electron chi connectivity index (χ3n) is 2.70. The molecular formula is C13H9BrF3NO. The second-order valence-electron chi connectivity index (χ2n) is 3.94. The average Bonchev–Trinajstić information content (AvgIpc) is 2.38. The van der Waals surface area contributed by atoms with Crippen LogP contribution in [0.1, 0.15) is 17.2 Å². The minimum absolute atomic E-state index is 0.208. The molecule has 1 unspecified atom stereocenters. The molecule has 0 aliphatic carbocycles. The maximum Gasteiger partial charge on any atom is 0.194 e. The largest absolute Gasteiger partial charge is 0.398 e. The Morgan fingerprint density at radius 1 is 1.00 bits per heavy atom. The number of aliphatic hydroxyl groups excluding tert-OH is 1. The van der Waals surface area contributed by atoms with E-state index in [1.54, 1.807) is 6.07 Å². The smallest absolute Gasteiger partial charge is 0.194 e. The lowest BCUT2D eigenvalue weighted by atomic mass is 9.99. The van der Waals surface area contributed by atoms with Crippen LogP contribution in [-0.4, -0.2) is 5.11 Å². The third-order valence-corrected chi connectivity index (χ3v) is 3.20. The van der Waals surface area contributed by atoms with Gasteiger partial charge < -0.3 is 10.8 Å². The summed E-state index contributed by atoms with van der Waals surface area (Å²) in [6, 6.07) is 6.39. The predicted molar refractivity (Wildman–Crippen MR) is 68.9 cm³/mol. The monoisotopic (exact) mass is 331 g/mol. The fourth-order valence-electron chi connectivity index (χ4n) is 1.70. The second kappa shape index (κ2) is 5.22. The Balaban J connectivity index is 2.53. The van der Waals surface area contributed by atoms with Crippen molar-refractivity contribution in [1.29, 1.82) is 0 Å². The molecule has 0 aliphatic heterocycles. The van der Waals surface area contributed by atoms with Crippen LogP contribution < -0.4 is 5.73 Å². The summed E-state index contributed by atoms with van der Waals surface area (Å²) in [6.07, 6.45) is -1.48. The Hall–Kier alpha value is -1.53. The van der Waals surface area contributed by atoms with Crippen molar-refractivity contribution in [2.75, 3.05) is 5.73 Å². The topological polar surface area (TPSA) is 46.2 Å². The van der Waals surface area contributed by atoms with E-state index in [0.717, 1.165) is 12.1 Å². The maximum atomic E-state index is 13.6. The van der Waals surface area contributed by atoms with Gasteiger partial charge in [-0.3, -0.25) is 0 Å². The zero-order chi connectivity index (χ0) is 14.2. The molecule has 0 bridgehead atoms. The molecule has 2 nitrogen and oxygen atoms in total. The highest BCUT2D eigenvalue weighted by Crippen LogP contribution is 2.31. The van der Waals surface area contributed by atoms with Crippen molar-refractivity contribution in [3.63, 3.8) is 0 Å². The number of nitrogens with two attached hydrogens (primary N) is 1. The van der Waals surface area contributed by atoms with Crippen LogP contribution >= 0.6 is 15.9 Å². The molecule has 0 amide bonds. The molecule has 3 N–H and O–H groups in total. The van der Waals surface area contributed by atoms with Gasteiger partial charge in [0.1, 0.15) is 6.10 Å². The summed E-state index contributed by atoms with van der Waals surface area (Å²) in [4.78, 5) is 0. The second-order valence-corrected chi connectivity index (χ2v) is 4.86. The zero-order valence-electron chi connectivity index (χ0n) is 9.50. The lowest BCUT2D eigenvalue weighted by molar-refractivity contribution is 0.213. The third kappa shape index (κ3) is 2.59. The molecule has 0 saturated heterocycles. The first-order valence-electron chi connectivity index (χ1n) is 5.28. The van der Waals surface area contributed by atoms with Crippen molar-refractivity contribution in [3.05, 3.63) is 63.4 Å². The molecule has 0 aromatic heterocycles. The molecule has 1 atom stereocenters. The Morgan fingerprint density at radius 3 is 2.37 bits per heavy atom. The molecule has 0 fully saturated rings. The first-order valence-corrected chi connectivity index (χ1v) is 6.07. The summed E-state index contributed by atoms with van der Waals surface area (Å²) in [6.45, 7) is 0. The molecule has 0 heterocycles. The van der Waals surface area contributed by atoms with Gasteiger partial charge in [0.2, 0.25) is 0 Å². The van der Waals surface area contributed by atoms with Crippen molar-refractivity contribution in [3.8, 4) is 0 Å². The normalized spacial score (nSPS) is 12.5. The van der Waals surface area contributed by atoms with Crippen LogP contribution in [0, 0.1) is 17.5 Å². The Kier molecular flexibility index (Phi) is 3.82. The molecule has 100 valence electrons. The van der Waals surface area contributed by atoms with E-state index in [9.17, 15) is 18.3 Å². The van der Waals surface area contributed by atoms with Crippen molar-refractivity contribution in [1.82, 2.24) is 0 Å². The number of hydrogen-bond acceptors (Lipinski definition) is 2. The van der Waals surface area contributed by atoms with Gasteiger partial charge in [-0.1, -0.05) is 22.0 Å². The number of rotatable bonds is 2. The van der Waals surface area contributed by atoms with Gasteiger partial charge in [-0.25, -0.2) is 13.2 Å². The fraction of sp³-hybridized carbons (Fsp3) is 0.0769. The lowest BCUT2D eigenvalue weighted by Crippen LogP contribution is -2.08. The standard InChI is InChI=1S/C13H9BrF3NO/c14-6-1-4-10(18)8(5-6)13(19)7-2-3-9(15)12(17)11(7)16/h1-5,13,19H,18H2. The van der Waals surface area contributed by atoms with Gasteiger partial charge in [-0.15, -0.1) is 0 Å². The number of hydrogen-bond donors (Lipinski definition) is 2. The fourth-order valence-corrected chi connectivity index (χ4v) is 2.08. The highest BCUT2D eigenvalue weighted by molar-refractivity contribution is 9.10. The van der Waals surface area contributed by atoms with Crippen molar-refractivity contribution < 1.29 is 18.3 Å². The molecule has 0 spiro atoms. The molecule has 2 rings (SSSR count). The van der Waals surface area contributed by atoms with E-state index in [1.807, 2.05) is 0 Å². The summed E-state index contributed by atoms with van der Waals surface area (Å²) in [5, 5.41) is 10.1. The zero-order valence-corrected chi connectivity index (χ0v) is 11.1. The van der Waals surface area contributed by atoms with E-state index in [1.165, 1.54) is 12.1 Å². The quantitative estimate of drug-likeness (QED) is 0.653. The molecule has 6 heteroatoms. The van der Waals surface area contributed by atoms with Gasteiger partial charge in [-0.2, -0.15) is 0 Å². The molecular weight excluding hydrogens is 323 g/mol. The predicted octanol–water partition coefficient (Wildman–Crippen LogP) is 3.53. The van der Waals surface area contributed by atoms with Gasteiger partial charge in [0.05, 0.1) is 0 Å².